The quantitative estimate of drug-likeness (QED) is 0.577. The standard InChI is InChI=1S/C18H15F6N5O2/c19-17(20,21)12-4-1-11(2-5-12)3-6-14(30)25-9-15(31)28-7-8-29-13(10-28)26-16(27-29)18(22,23)24/h1-6H,7-10H2,(H,25,30)/b6-3+. The van der Waals surface area contributed by atoms with Gasteiger partial charge in [-0.2, -0.15) is 26.3 Å². The molecule has 1 aromatic heterocycles. The van der Waals surface area contributed by atoms with Crippen molar-refractivity contribution in [3.63, 3.8) is 0 Å². The lowest BCUT2D eigenvalue weighted by Crippen LogP contribution is -2.43. The Morgan fingerprint density at radius 2 is 1.71 bits per heavy atom. The number of carbonyl (C=O) groups excluding carboxylic acids is 2. The van der Waals surface area contributed by atoms with Gasteiger partial charge < -0.3 is 10.2 Å². The summed E-state index contributed by atoms with van der Waals surface area (Å²) in [5.41, 5.74) is -0.468. The number of amides is 2. The number of rotatable bonds is 4. The molecule has 0 spiro atoms. The second kappa shape index (κ2) is 8.40. The van der Waals surface area contributed by atoms with E-state index in [1.54, 1.807) is 0 Å². The van der Waals surface area contributed by atoms with E-state index in [1.807, 2.05) is 0 Å². The van der Waals surface area contributed by atoms with E-state index in [4.69, 9.17) is 0 Å². The van der Waals surface area contributed by atoms with E-state index in [1.165, 1.54) is 23.1 Å². The molecule has 31 heavy (non-hydrogen) atoms. The summed E-state index contributed by atoms with van der Waals surface area (Å²) in [5.74, 6) is -2.48. The van der Waals surface area contributed by atoms with Crippen molar-refractivity contribution in [3.8, 4) is 0 Å². The van der Waals surface area contributed by atoms with E-state index in [9.17, 15) is 35.9 Å². The van der Waals surface area contributed by atoms with Crippen LogP contribution >= 0.6 is 0 Å². The molecule has 0 saturated carbocycles. The molecule has 3 rings (SSSR count). The number of carbonyl (C=O) groups is 2. The first kappa shape index (κ1) is 22.3. The van der Waals surface area contributed by atoms with Crippen molar-refractivity contribution in [3.05, 3.63) is 53.1 Å². The molecule has 1 N–H and O–H groups in total. The number of fused-ring (bicyclic) bond motifs is 1. The normalized spacial score (nSPS) is 14.6. The number of hydrogen-bond donors (Lipinski definition) is 1. The highest BCUT2D eigenvalue weighted by Gasteiger charge is 2.38. The summed E-state index contributed by atoms with van der Waals surface area (Å²) in [6.45, 7) is -0.453. The molecule has 13 heteroatoms. The van der Waals surface area contributed by atoms with Gasteiger partial charge in [0.2, 0.25) is 11.8 Å². The Morgan fingerprint density at radius 3 is 2.32 bits per heavy atom. The molecule has 166 valence electrons. The number of nitrogens with zero attached hydrogens (tertiary/aromatic N) is 4. The molecule has 2 heterocycles. The minimum Gasteiger partial charge on any atom is -0.343 e. The Bertz CT molecular complexity index is 994. The molecule has 0 bridgehead atoms. The largest absolute Gasteiger partial charge is 0.453 e. The smallest absolute Gasteiger partial charge is 0.343 e. The zero-order valence-electron chi connectivity index (χ0n) is 15.7. The molecular weight excluding hydrogens is 432 g/mol. The molecular formula is C18H15F6N5O2. The van der Waals surface area contributed by atoms with Crippen LogP contribution < -0.4 is 5.32 Å². The van der Waals surface area contributed by atoms with E-state index in [0.29, 0.717) is 5.56 Å². The number of alkyl halides is 6. The van der Waals surface area contributed by atoms with Crippen LogP contribution in [0, 0.1) is 0 Å². The Balaban J connectivity index is 1.51. The van der Waals surface area contributed by atoms with E-state index in [-0.39, 0.29) is 25.5 Å². The van der Waals surface area contributed by atoms with Crippen molar-refractivity contribution >= 4 is 17.9 Å². The molecule has 0 fully saturated rings. The maximum Gasteiger partial charge on any atom is 0.453 e. The second-order valence-corrected chi connectivity index (χ2v) is 6.56. The highest BCUT2D eigenvalue weighted by atomic mass is 19.4. The third-order valence-corrected chi connectivity index (χ3v) is 4.35. The molecule has 7 nitrogen and oxygen atoms in total. The van der Waals surface area contributed by atoms with Crippen LogP contribution in [-0.4, -0.2) is 44.6 Å². The number of nitrogens with one attached hydrogen (secondary N) is 1. The van der Waals surface area contributed by atoms with Crippen LogP contribution in [0.25, 0.3) is 6.08 Å². The van der Waals surface area contributed by atoms with Gasteiger partial charge in [-0.05, 0) is 23.8 Å². The fourth-order valence-corrected chi connectivity index (χ4v) is 2.76. The lowest BCUT2D eigenvalue weighted by Gasteiger charge is -2.26. The van der Waals surface area contributed by atoms with E-state index in [2.05, 4.69) is 15.4 Å². The fourth-order valence-electron chi connectivity index (χ4n) is 2.76. The molecule has 1 aliphatic heterocycles. The average molecular weight is 447 g/mol. The molecule has 0 aliphatic carbocycles. The molecule has 0 saturated heterocycles. The SMILES string of the molecule is O=C(/C=C/c1ccc(C(F)(F)F)cc1)NCC(=O)N1CCn2nc(C(F)(F)F)nc2C1. The van der Waals surface area contributed by atoms with Gasteiger partial charge in [-0.1, -0.05) is 12.1 Å². The summed E-state index contributed by atoms with van der Waals surface area (Å²) in [6.07, 6.45) is -6.82. The van der Waals surface area contributed by atoms with Gasteiger partial charge in [-0.15, -0.1) is 5.10 Å². The minimum absolute atomic E-state index is 0.0135. The number of halogens is 6. The number of hydrogen-bond acceptors (Lipinski definition) is 4. The molecule has 0 atom stereocenters. The predicted octanol–water partition coefficient (Wildman–Crippen LogP) is 2.49. The van der Waals surface area contributed by atoms with Gasteiger partial charge in [-0.25, -0.2) is 9.67 Å². The third-order valence-electron chi connectivity index (χ3n) is 4.35. The van der Waals surface area contributed by atoms with E-state index >= 15 is 0 Å². The maximum atomic E-state index is 12.7. The molecule has 0 radical (unpaired) electrons. The Morgan fingerprint density at radius 1 is 1.03 bits per heavy atom. The number of aromatic nitrogens is 3. The first-order valence-electron chi connectivity index (χ1n) is 8.85. The van der Waals surface area contributed by atoms with E-state index < -0.39 is 42.1 Å². The third kappa shape index (κ3) is 5.61. The highest BCUT2D eigenvalue weighted by Crippen LogP contribution is 2.29. The lowest BCUT2D eigenvalue weighted by molar-refractivity contribution is -0.145. The summed E-state index contributed by atoms with van der Waals surface area (Å²) in [6, 6.07) is 4.13. The average Bonchev–Trinajstić information content (AvgIpc) is 3.14. The maximum absolute atomic E-state index is 12.7. The van der Waals surface area contributed by atoms with E-state index in [0.717, 1.165) is 22.9 Å². The van der Waals surface area contributed by atoms with Crippen LogP contribution in [0.2, 0.25) is 0 Å². The van der Waals surface area contributed by atoms with Gasteiger partial charge in [0.25, 0.3) is 5.82 Å². The summed E-state index contributed by atoms with van der Waals surface area (Å²) in [5, 5.41) is 5.68. The van der Waals surface area contributed by atoms with Crippen LogP contribution in [0.5, 0.6) is 0 Å². The number of benzene rings is 1. The van der Waals surface area contributed by atoms with Crippen LogP contribution in [-0.2, 0) is 35.0 Å². The van der Waals surface area contributed by atoms with Crippen molar-refractivity contribution < 1.29 is 35.9 Å². The summed E-state index contributed by atoms with van der Waals surface area (Å²) in [7, 11) is 0. The predicted molar refractivity (Wildman–Crippen MR) is 93.9 cm³/mol. The summed E-state index contributed by atoms with van der Waals surface area (Å²) < 4.78 is 76.7. The van der Waals surface area contributed by atoms with Gasteiger partial charge in [0.05, 0.1) is 25.2 Å². The van der Waals surface area contributed by atoms with Crippen LogP contribution in [0.15, 0.2) is 30.3 Å². The van der Waals surface area contributed by atoms with Crippen LogP contribution in [0.1, 0.15) is 22.8 Å². The van der Waals surface area contributed by atoms with Gasteiger partial charge in [0.1, 0.15) is 5.82 Å². The molecule has 1 aliphatic rings. The van der Waals surface area contributed by atoms with Gasteiger partial charge in [0, 0.05) is 12.6 Å². The van der Waals surface area contributed by atoms with Crippen molar-refractivity contribution in [2.45, 2.75) is 25.4 Å². The second-order valence-electron chi connectivity index (χ2n) is 6.56. The molecule has 2 amide bonds. The van der Waals surface area contributed by atoms with Gasteiger partial charge >= 0.3 is 12.4 Å². The summed E-state index contributed by atoms with van der Waals surface area (Å²) in [4.78, 5) is 28.7. The Labute approximate surface area is 171 Å². The van der Waals surface area contributed by atoms with Crippen LogP contribution in [0.4, 0.5) is 26.3 Å². The summed E-state index contributed by atoms with van der Waals surface area (Å²) >= 11 is 0. The monoisotopic (exact) mass is 447 g/mol. The van der Waals surface area contributed by atoms with Gasteiger partial charge in [-0.3, -0.25) is 9.59 Å². The molecule has 0 unspecified atom stereocenters. The lowest BCUT2D eigenvalue weighted by atomic mass is 10.1. The van der Waals surface area contributed by atoms with Crippen LogP contribution in [0.3, 0.4) is 0 Å². The first-order chi connectivity index (χ1) is 14.4. The topological polar surface area (TPSA) is 80.1 Å². The Hall–Kier alpha value is -3.38. The zero-order valence-corrected chi connectivity index (χ0v) is 15.7. The Kier molecular flexibility index (Phi) is 6.04. The van der Waals surface area contributed by atoms with Crippen molar-refractivity contribution in [2.24, 2.45) is 0 Å². The van der Waals surface area contributed by atoms with Gasteiger partial charge in [0.15, 0.2) is 0 Å². The first-order valence-corrected chi connectivity index (χ1v) is 8.85. The van der Waals surface area contributed by atoms with Crippen molar-refractivity contribution in [1.82, 2.24) is 25.0 Å². The molecule has 1 aromatic carbocycles. The minimum atomic E-state index is -4.69. The van der Waals surface area contributed by atoms with Crippen molar-refractivity contribution in [2.75, 3.05) is 13.1 Å². The zero-order chi connectivity index (χ0) is 22.8. The fraction of sp³-hybridized carbons (Fsp3) is 0.333. The van der Waals surface area contributed by atoms with Crippen molar-refractivity contribution in [1.29, 1.82) is 0 Å². The molecule has 2 aromatic rings. The highest BCUT2D eigenvalue weighted by molar-refractivity contribution is 5.94.